The van der Waals surface area contributed by atoms with E-state index in [1.54, 1.807) is 0 Å². The van der Waals surface area contributed by atoms with Gasteiger partial charge in [-0.15, -0.1) is 0 Å². The third kappa shape index (κ3) is 3.70. The van der Waals surface area contributed by atoms with Crippen molar-refractivity contribution in [2.45, 2.75) is 6.42 Å². The van der Waals surface area contributed by atoms with Gasteiger partial charge in [-0.05, 0) is 62.6 Å². The van der Waals surface area contributed by atoms with Crippen LogP contribution in [0.4, 0.5) is 0 Å². The fourth-order valence-corrected chi connectivity index (χ4v) is 2.04. The summed E-state index contributed by atoms with van der Waals surface area (Å²) in [5.74, 6) is 0. The van der Waals surface area contributed by atoms with Crippen molar-refractivity contribution >= 4 is 5.57 Å². The Morgan fingerprint density at radius 1 is 1.28 bits per heavy atom. The zero-order valence-electron chi connectivity index (χ0n) is 11.2. The third-order valence-electron chi connectivity index (χ3n) is 3.07. The Hall–Kier alpha value is -1.61. The molecule has 1 aromatic heterocycles. The zero-order valence-corrected chi connectivity index (χ0v) is 11.2. The Morgan fingerprint density at radius 2 is 2.06 bits per heavy atom. The summed E-state index contributed by atoms with van der Waals surface area (Å²) in [5.41, 5.74) is 2.54. The molecule has 3 heteroatoms. The lowest BCUT2D eigenvalue weighted by Crippen LogP contribution is -2.24. The highest BCUT2D eigenvalue weighted by molar-refractivity contribution is 5.74. The Bertz CT molecular complexity index is 421. The van der Waals surface area contributed by atoms with Crippen molar-refractivity contribution in [2.24, 2.45) is 0 Å². The van der Waals surface area contributed by atoms with Gasteiger partial charge in [0.15, 0.2) is 0 Å². The van der Waals surface area contributed by atoms with Gasteiger partial charge in [0.2, 0.25) is 0 Å². The minimum atomic E-state index is 1.00. The second-order valence-electron chi connectivity index (χ2n) is 4.86. The van der Waals surface area contributed by atoms with E-state index in [2.05, 4.69) is 59.4 Å². The van der Waals surface area contributed by atoms with Crippen LogP contribution in [0.25, 0.3) is 5.57 Å². The lowest BCUT2D eigenvalue weighted by Gasteiger charge is -2.23. The first-order valence-corrected chi connectivity index (χ1v) is 6.43. The van der Waals surface area contributed by atoms with Crippen LogP contribution < -0.4 is 0 Å². The van der Waals surface area contributed by atoms with Gasteiger partial charge >= 0.3 is 0 Å². The molecule has 0 radical (unpaired) electrons. The maximum absolute atomic E-state index is 4.05. The molecule has 2 rings (SSSR count). The first-order valence-electron chi connectivity index (χ1n) is 6.43. The number of allylic oxidation sites excluding steroid dienone is 2. The largest absolute Gasteiger partial charge is 0.374 e. The summed E-state index contributed by atoms with van der Waals surface area (Å²) in [5, 5.41) is 0. The van der Waals surface area contributed by atoms with Crippen molar-refractivity contribution in [3.05, 3.63) is 48.4 Å². The van der Waals surface area contributed by atoms with Crippen LogP contribution in [-0.2, 0) is 0 Å². The molecule has 0 atom stereocenters. The molecule has 0 amide bonds. The summed E-state index contributed by atoms with van der Waals surface area (Å²) in [7, 11) is 4.24. The zero-order chi connectivity index (χ0) is 12.8. The van der Waals surface area contributed by atoms with Crippen molar-refractivity contribution in [2.75, 3.05) is 33.7 Å². The minimum absolute atomic E-state index is 1.00. The predicted octanol–water partition coefficient (Wildman–Crippen LogP) is 2.25. The van der Waals surface area contributed by atoms with E-state index < -0.39 is 0 Å². The van der Waals surface area contributed by atoms with E-state index in [0.717, 1.165) is 19.6 Å². The molecule has 0 bridgehead atoms. The Balaban J connectivity index is 1.84. The van der Waals surface area contributed by atoms with Gasteiger partial charge in [-0.25, -0.2) is 0 Å². The van der Waals surface area contributed by atoms with Crippen LogP contribution in [0.5, 0.6) is 0 Å². The van der Waals surface area contributed by atoms with Crippen molar-refractivity contribution in [3.8, 4) is 0 Å². The quantitative estimate of drug-likeness (QED) is 0.790. The fraction of sp³-hybridized carbons (Fsp3) is 0.400. The molecule has 1 aromatic rings. The second kappa shape index (κ2) is 6.36. The van der Waals surface area contributed by atoms with E-state index in [0.29, 0.717) is 0 Å². The standard InChI is InChI=1S/C15H21N3/c1-17(2)10-3-11-18-12-6-15(7-13-18)14-4-8-16-9-5-14/h4-9,12H,3,10-11,13H2,1-2H3. The number of rotatable bonds is 5. The Labute approximate surface area is 109 Å². The highest BCUT2D eigenvalue weighted by Crippen LogP contribution is 2.18. The monoisotopic (exact) mass is 243 g/mol. The summed E-state index contributed by atoms with van der Waals surface area (Å²) >= 11 is 0. The van der Waals surface area contributed by atoms with Gasteiger partial charge in [0.25, 0.3) is 0 Å². The molecule has 18 heavy (non-hydrogen) atoms. The van der Waals surface area contributed by atoms with Gasteiger partial charge in [0.05, 0.1) is 0 Å². The number of pyridine rings is 1. The average molecular weight is 243 g/mol. The third-order valence-corrected chi connectivity index (χ3v) is 3.07. The van der Waals surface area contributed by atoms with E-state index >= 15 is 0 Å². The van der Waals surface area contributed by atoms with Gasteiger partial charge in [0, 0.05) is 25.5 Å². The first-order chi connectivity index (χ1) is 8.75. The molecule has 0 spiro atoms. The summed E-state index contributed by atoms with van der Waals surface area (Å²) in [6.07, 6.45) is 11.6. The highest BCUT2D eigenvalue weighted by Gasteiger charge is 2.06. The molecule has 0 saturated heterocycles. The molecule has 2 heterocycles. The van der Waals surface area contributed by atoms with Crippen molar-refractivity contribution in [1.82, 2.24) is 14.8 Å². The molecule has 0 unspecified atom stereocenters. The number of nitrogens with zero attached hydrogens (tertiary/aromatic N) is 3. The lowest BCUT2D eigenvalue weighted by molar-refractivity contribution is 0.343. The number of hydrogen-bond donors (Lipinski definition) is 0. The summed E-state index contributed by atoms with van der Waals surface area (Å²) < 4.78 is 0. The van der Waals surface area contributed by atoms with Crippen LogP contribution in [0.1, 0.15) is 12.0 Å². The van der Waals surface area contributed by atoms with E-state index in [4.69, 9.17) is 0 Å². The minimum Gasteiger partial charge on any atom is -0.374 e. The van der Waals surface area contributed by atoms with E-state index in [1.165, 1.54) is 17.6 Å². The van der Waals surface area contributed by atoms with Crippen molar-refractivity contribution in [1.29, 1.82) is 0 Å². The van der Waals surface area contributed by atoms with Crippen LogP contribution in [0.3, 0.4) is 0 Å². The maximum atomic E-state index is 4.05. The van der Waals surface area contributed by atoms with Crippen molar-refractivity contribution < 1.29 is 0 Å². The SMILES string of the molecule is CN(C)CCCN1C=CC(c2ccncc2)=CC1. The summed E-state index contributed by atoms with van der Waals surface area (Å²) in [4.78, 5) is 8.63. The number of hydrogen-bond acceptors (Lipinski definition) is 3. The lowest BCUT2D eigenvalue weighted by atomic mass is 10.1. The topological polar surface area (TPSA) is 19.4 Å². The molecule has 1 aliphatic heterocycles. The number of aromatic nitrogens is 1. The van der Waals surface area contributed by atoms with Crippen LogP contribution in [0, 0.1) is 0 Å². The van der Waals surface area contributed by atoms with Gasteiger partial charge in [-0.2, -0.15) is 0 Å². The van der Waals surface area contributed by atoms with Crippen molar-refractivity contribution in [3.63, 3.8) is 0 Å². The van der Waals surface area contributed by atoms with Gasteiger partial charge < -0.3 is 9.80 Å². The smallest absolute Gasteiger partial charge is 0.0363 e. The van der Waals surface area contributed by atoms with E-state index in [1.807, 2.05) is 12.4 Å². The molecule has 0 aliphatic carbocycles. The van der Waals surface area contributed by atoms with Crippen LogP contribution in [0.2, 0.25) is 0 Å². The fourth-order valence-electron chi connectivity index (χ4n) is 2.04. The van der Waals surface area contributed by atoms with Gasteiger partial charge in [0.1, 0.15) is 0 Å². The predicted molar refractivity (Wildman–Crippen MR) is 76.1 cm³/mol. The van der Waals surface area contributed by atoms with Gasteiger partial charge in [-0.3, -0.25) is 4.98 Å². The summed E-state index contributed by atoms with van der Waals surface area (Å²) in [6, 6.07) is 4.11. The van der Waals surface area contributed by atoms with Crippen LogP contribution >= 0.6 is 0 Å². The Morgan fingerprint density at radius 3 is 2.67 bits per heavy atom. The maximum Gasteiger partial charge on any atom is 0.0363 e. The average Bonchev–Trinajstić information content (AvgIpc) is 2.40. The highest BCUT2D eigenvalue weighted by atomic mass is 15.1. The molecule has 0 saturated carbocycles. The molecule has 3 nitrogen and oxygen atoms in total. The molecule has 1 aliphatic rings. The normalized spacial score (nSPS) is 15.1. The van der Waals surface area contributed by atoms with Gasteiger partial charge in [-0.1, -0.05) is 6.08 Å². The van der Waals surface area contributed by atoms with Crippen LogP contribution in [-0.4, -0.2) is 48.5 Å². The molecule has 0 N–H and O–H groups in total. The molecule has 96 valence electrons. The van der Waals surface area contributed by atoms with E-state index in [-0.39, 0.29) is 0 Å². The second-order valence-corrected chi connectivity index (χ2v) is 4.86. The molecule has 0 fully saturated rings. The first kappa shape index (κ1) is 12.8. The molecular weight excluding hydrogens is 222 g/mol. The molecular formula is C15H21N3. The van der Waals surface area contributed by atoms with E-state index in [9.17, 15) is 0 Å². The van der Waals surface area contributed by atoms with Crippen LogP contribution in [0.15, 0.2) is 42.9 Å². The summed E-state index contributed by atoms with van der Waals surface area (Å²) in [6.45, 7) is 3.27. The molecule has 0 aromatic carbocycles. The Kier molecular flexibility index (Phi) is 4.53.